The molecule has 8 heteroatoms. The van der Waals surface area contributed by atoms with E-state index < -0.39 is 0 Å². The summed E-state index contributed by atoms with van der Waals surface area (Å²) in [6.07, 6.45) is 0.127. The van der Waals surface area contributed by atoms with Crippen LogP contribution in [0.2, 0.25) is 0 Å². The molecule has 1 aromatic heterocycles. The summed E-state index contributed by atoms with van der Waals surface area (Å²) >= 11 is 0. The highest BCUT2D eigenvalue weighted by Gasteiger charge is 2.13. The molecule has 0 aliphatic rings. The van der Waals surface area contributed by atoms with E-state index in [1.54, 1.807) is 19.1 Å². The predicted octanol–water partition coefficient (Wildman–Crippen LogP) is 3.09. The lowest BCUT2D eigenvalue weighted by molar-refractivity contribution is -0.142. The van der Waals surface area contributed by atoms with Crippen LogP contribution in [0.25, 0.3) is 22.4 Å². The number of aromatic nitrogens is 2. The van der Waals surface area contributed by atoms with Gasteiger partial charge in [-0.3, -0.25) is 4.79 Å². The van der Waals surface area contributed by atoms with Crippen molar-refractivity contribution in [2.45, 2.75) is 19.9 Å². The summed E-state index contributed by atoms with van der Waals surface area (Å²) in [5, 5.41) is 5.39. The van der Waals surface area contributed by atoms with Crippen LogP contribution in [0, 0.1) is 5.82 Å². The maximum absolute atomic E-state index is 13.3. The number of imidazole rings is 1. The van der Waals surface area contributed by atoms with Gasteiger partial charge in [-0.2, -0.15) is 0 Å². The van der Waals surface area contributed by atoms with Crippen LogP contribution in [0.4, 0.5) is 9.18 Å². The Hall–Kier alpha value is -3.42. The number of carbonyl (C=O) groups excluding carboxylic acids is 2. The molecule has 2 aromatic carbocycles. The molecule has 0 aliphatic carbocycles. The zero-order chi connectivity index (χ0) is 20.6. The Morgan fingerprint density at radius 3 is 2.55 bits per heavy atom. The van der Waals surface area contributed by atoms with Gasteiger partial charge in [-0.25, -0.2) is 14.2 Å². The Bertz CT molecular complexity index is 985. The topological polar surface area (TPSA) is 85.2 Å². The monoisotopic (exact) mass is 398 g/mol. The molecule has 1 heterocycles. The van der Waals surface area contributed by atoms with E-state index in [1.807, 2.05) is 28.8 Å². The first-order valence-electron chi connectivity index (χ1n) is 9.47. The van der Waals surface area contributed by atoms with Gasteiger partial charge in [-0.05, 0) is 43.3 Å². The number of rotatable bonds is 8. The third kappa shape index (κ3) is 5.31. The predicted molar refractivity (Wildman–Crippen MR) is 108 cm³/mol. The van der Waals surface area contributed by atoms with Crippen LogP contribution < -0.4 is 10.6 Å². The molecule has 152 valence electrons. The van der Waals surface area contributed by atoms with E-state index >= 15 is 0 Å². The Labute approximate surface area is 167 Å². The van der Waals surface area contributed by atoms with Gasteiger partial charge in [-0.1, -0.05) is 12.1 Å². The lowest BCUT2D eigenvalue weighted by Crippen LogP contribution is -2.38. The maximum atomic E-state index is 13.3. The van der Waals surface area contributed by atoms with Gasteiger partial charge >= 0.3 is 12.0 Å². The highest BCUT2D eigenvalue weighted by atomic mass is 19.1. The number of esters is 1. The zero-order valence-corrected chi connectivity index (χ0v) is 16.2. The van der Waals surface area contributed by atoms with Crippen LogP contribution in [0.5, 0.6) is 0 Å². The van der Waals surface area contributed by atoms with E-state index in [1.165, 1.54) is 12.1 Å². The first-order valence-corrected chi connectivity index (χ1v) is 9.47. The maximum Gasteiger partial charge on any atom is 0.314 e. The molecule has 2 amide bonds. The smallest absolute Gasteiger partial charge is 0.314 e. The van der Waals surface area contributed by atoms with Crippen molar-refractivity contribution < 1.29 is 18.7 Å². The SMILES string of the molecule is CCOC(=O)CCNC(=O)NCCn1c(-c2ccc(F)cc2)nc2ccccc21. The highest BCUT2D eigenvalue weighted by Crippen LogP contribution is 2.24. The molecule has 0 saturated heterocycles. The van der Waals surface area contributed by atoms with Crippen molar-refractivity contribution in [2.75, 3.05) is 19.7 Å². The van der Waals surface area contributed by atoms with Crippen molar-refractivity contribution in [1.82, 2.24) is 20.2 Å². The fourth-order valence-electron chi connectivity index (χ4n) is 2.98. The Kier molecular flexibility index (Phi) is 6.78. The second kappa shape index (κ2) is 9.68. The summed E-state index contributed by atoms with van der Waals surface area (Å²) in [7, 11) is 0. The molecule has 0 bridgehead atoms. The van der Waals surface area contributed by atoms with Gasteiger partial charge < -0.3 is 19.9 Å². The number of carbonyl (C=O) groups is 2. The number of para-hydroxylation sites is 2. The van der Waals surface area contributed by atoms with Crippen LogP contribution in [0.1, 0.15) is 13.3 Å². The van der Waals surface area contributed by atoms with Gasteiger partial charge in [0.2, 0.25) is 0 Å². The van der Waals surface area contributed by atoms with Gasteiger partial charge in [0.1, 0.15) is 11.6 Å². The minimum Gasteiger partial charge on any atom is -0.466 e. The van der Waals surface area contributed by atoms with E-state index in [-0.39, 0.29) is 30.8 Å². The molecule has 7 nitrogen and oxygen atoms in total. The fourth-order valence-corrected chi connectivity index (χ4v) is 2.98. The standard InChI is InChI=1S/C21H23FN4O3/c1-2-29-19(27)11-12-23-21(28)24-13-14-26-18-6-4-3-5-17(18)25-20(26)15-7-9-16(22)10-8-15/h3-10H,2,11-14H2,1H3,(H2,23,24,28). The molecule has 0 unspecified atom stereocenters. The highest BCUT2D eigenvalue weighted by molar-refractivity contribution is 5.80. The second-order valence-corrected chi connectivity index (χ2v) is 6.32. The number of amides is 2. The molecule has 3 rings (SSSR count). The van der Waals surface area contributed by atoms with Crippen molar-refractivity contribution in [2.24, 2.45) is 0 Å². The summed E-state index contributed by atoms with van der Waals surface area (Å²) in [5.41, 5.74) is 2.54. The quantitative estimate of drug-likeness (QED) is 0.571. The molecule has 3 aromatic rings. The lowest BCUT2D eigenvalue weighted by atomic mass is 10.2. The summed E-state index contributed by atoms with van der Waals surface area (Å²) in [4.78, 5) is 27.9. The van der Waals surface area contributed by atoms with Gasteiger partial charge in [-0.15, -0.1) is 0 Å². The normalized spacial score (nSPS) is 10.7. The van der Waals surface area contributed by atoms with Crippen LogP contribution in [-0.2, 0) is 16.1 Å². The summed E-state index contributed by atoms with van der Waals surface area (Å²) in [6.45, 7) is 3.11. The first-order chi connectivity index (χ1) is 14.1. The number of hydrogen-bond donors (Lipinski definition) is 2. The average Bonchev–Trinajstić information content (AvgIpc) is 3.07. The molecule has 0 aliphatic heterocycles. The minimum absolute atomic E-state index is 0.127. The number of fused-ring (bicyclic) bond motifs is 1. The number of benzene rings is 2. The number of ether oxygens (including phenoxy) is 1. The minimum atomic E-state index is -0.359. The number of halogens is 1. The van der Waals surface area contributed by atoms with Gasteiger partial charge in [0.25, 0.3) is 0 Å². The Balaban J connectivity index is 1.63. The van der Waals surface area contributed by atoms with Crippen molar-refractivity contribution in [3.8, 4) is 11.4 Å². The number of nitrogens with one attached hydrogen (secondary N) is 2. The molecular formula is C21H23FN4O3. The molecule has 0 spiro atoms. The fraction of sp³-hybridized carbons (Fsp3) is 0.286. The molecule has 29 heavy (non-hydrogen) atoms. The van der Waals surface area contributed by atoms with Gasteiger partial charge in [0.05, 0.1) is 24.1 Å². The van der Waals surface area contributed by atoms with Crippen molar-refractivity contribution in [1.29, 1.82) is 0 Å². The molecule has 0 radical (unpaired) electrons. The number of urea groups is 1. The van der Waals surface area contributed by atoms with E-state index in [2.05, 4.69) is 15.6 Å². The lowest BCUT2D eigenvalue weighted by Gasteiger charge is -2.11. The number of hydrogen-bond acceptors (Lipinski definition) is 4. The summed E-state index contributed by atoms with van der Waals surface area (Å²) in [6, 6.07) is 13.5. The Morgan fingerprint density at radius 2 is 1.79 bits per heavy atom. The molecule has 0 saturated carbocycles. The van der Waals surface area contributed by atoms with Crippen molar-refractivity contribution in [3.05, 3.63) is 54.3 Å². The molecule has 2 N–H and O–H groups in total. The van der Waals surface area contributed by atoms with Crippen LogP contribution in [-0.4, -0.2) is 41.2 Å². The van der Waals surface area contributed by atoms with E-state index in [9.17, 15) is 14.0 Å². The van der Waals surface area contributed by atoms with E-state index in [4.69, 9.17) is 4.74 Å². The second-order valence-electron chi connectivity index (χ2n) is 6.32. The van der Waals surface area contributed by atoms with Gasteiger partial charge in [0.15, 0.2) is 0 Å². The van der Waals surface area contributed by atoms with Crippen LogP contribution in [0.15, 0.2) is 48.5 Å². The van der Waals surface area contributed by atoms with E-state index in [0.29, 0.717) is 25.5 Å². The molecule has 0 fully saturated rings. The third-order valence-electron chi connectivity index (χ3n) is 4.30. The van der Waals surface area contributed by atoms with Crippen molar-refractivity contribution in [3.63, 3.8) is 0 Å². The number of nitrogens with zero attached hydrogens (tertiary/aromatic N) is 2. The van der Waals surface area contributed by atoms with Crippen LogP contribution >= 0.6 is 0 Å². The third-order valence-corrected chi connectivity index (χ3v) is 4.30. The molecular weight excluding hydrogens is 375 g/mol. The molecule has 0 atom stereocenters. The average molecular weight is 398 g/mol. The largest absolute Gasteiger partial charge is 0.466 e. The Morgan fingerprint density at radius 1 is 1.07 bits per heavy atom. The summed E-state index contributed by atoms with van der Waals surface area (Å²) in [5.74, 6) is 0.0508. The van der Waals surface area contributed by atoms with Crippen LogP contribution in [0.3, 0.4) is 0 Å². The zero-order valence-electron chi connectivity index (χ0n) is 16.2. The first kappa shape index (κ1) is 20.3. The summed E-state index contributed by atoms with van der Waals surface area (Å²) < 4.78 is 20.1. The van der Waals surface area contributed by atoms with Crippen molar-refractivity contribution >= 4 is 23.0 Å². The van der Waals surface area contributed by atoms with E-state index in [0.717, 1.165) is 16.6 Å². The van der Waals surface area contributed by atoms with Gasteiger partial charge in [0, 0.05) is 25.2 Å².